The Morgan fingerprint density at radius 3 is 2.65 bits per heavy atom. The normalized spacial score (nSPS) is 18.4. The summed E-state index contributed by atoms with van der Waals surface area (Å²) in [6.07, 6.45) is -6.26. The molecule has 0 amide bonds. The molecule has 2 aliphatic heterocycles. The van der Waals surface area contributed by atoms with Crippen LogP contribution in [0, 0.1) is 11.8 Å². The van der Waals surface area contributed by atoms with E-state index in [1.807, 2.05) is 6.92 Å². The highest BCUT2D eigenvalue weighted by molar-refractivity contribution is 5.80. The fraction of sp³-hybridized carbons (Fsp3) is 0.650. The zero-order valence-electron chi connectivity index (χ0n) is 19.2. The van der Waals surface area contributed by atoms with E-state index in [0.29, 0.717) is 45.9 Å². The van der Waals surface area contributed by atoms with Crippen LogP contribution in [0.3, 0.4) is 0 Å². The van der Waals surface area contributed by atoms with Crippen LogP contribution in [0.4, 0.5) is 30.6 Å². The van der Waals surface area contributed by atoms with Crippen molar-refractivity contribution < 1.29 is 27.5 Å². The summed E-state index contributed by atoms with van der Waals surface area (Å²) in [4.78, 5) is 37.7. The first-order chi connectivity index (χ1) is 16.2. The van der Waals surface area contributed by atoms with Crippen molar-refractivity contribution in [3.05, 3.63) is 10.4 Å². The molecule has 14 heteroatoms. The van der Waals surface area contributed by atoms with E-state index in [1.54, 1.807) is 11.8 Å². The topological polar surface area (TPSA) is 104 Å². The van der Waals surface area contributed by atoms with E-state index >= 15 is 0 Å². The number of ether oxygens (including phenoxy) is 1. The molecule has 1 unspecified atom stereocenters. The number of hydrogen-bond acceptors (Lipinski definition) is 10. The van der Waals surface area contributed by atoms with Crippen LogP contribution in [0.2, 0.25) is 0 Å². The minimum atomic E-state index is -5.23. The number of anilines is 3. The number of halogens is 3. The molecule has 34 heavy (non-hydrogen) atoms. The quantitative estimate of drug-likeness (QED) is 0.387. The highest BCUT2D eigenvalue weighted by atomic mass is 19.4. The van der Waals surface area contributed by atoms with Gasteiger partial charge in [-0.05, 0) is 13.8 Å². The molecule has 3 rings (SSSR count). The third-order valence-electron chi connectivity index (χ3n) is 5.28. The molecule has 188 valence electrons. The smallest absolute Gasteiger partial charge is 0.380 e. The van der Waals surface area contributed by atoms with E-state index in [9.17, 15) is 22.8 Å². The molecule has 0 aromatic carbocycles. The monoisotopic (exact) mass is 487 g/mol. The Balaban J connectivity index is 2.09. The molecule has 0 radical (unpaired) electrons. The Morgan fingerprint density at radius 1 is 1.32 bits per heavy atom. The van der Waals surface area contributed by atoms with Gasteiger partial charge >= 0.3 is 12.1 Å². The highest BCUT2D eigenvalue weighted by Crippen LogP contribution is 2.38. The van der Waals surface area contributed by atoms with E-state index in [4.69, 9.17) is 9.57 Å². The Morgan fingerprint density at radius 2 is 2.03 bits per heavy atom. The summed E-state index contributed by atoms with van der Waals surface area (Å²) in [5, 5.41) is 6.87. The van der Waals surface area contributed by atoms with Gasteiger partial charge < -0.3 is 25.1 Å². The molecule has 0 spiro atoms. The molecule has 3 heterocycles. The van der Waals surface area contributed by atoms with Crippen LogP contribution in [-0.4, -0.2) is 85.4 Å². The van der Waals surface area contributed by atoms with Crippen LogP contribution in [0.25, 0.3) is 0 Å². The summed E-state index contributed by atoms with van der Waals surface area (Å²) in [5.74, 6) is 3.08. The number of carbonyl (C=O) groups excluding carboxylic acids is 1. The Kier molecular flexibility index (Phi) is 8.24. The Bertz CT molecular complexity index is 999. The van der Waals surface area contributed by atoms with E-state index in [-0.39, 0.29) is 24.0 Å². The van der Waals surface area contributed by atoms with Gasteiger partial charge in [-0.3, -0.25) is 14.3 Å². The van der Waals surface area contributed by atoms with Gasteiger partial charge in [0.15, 0.2) is 12.0 Å². The zero-order chi connectivity index (χ0) is 24.9. The minimum absolute atomic E-state index is 0.000819. The van der Waals surface area contributed by atoms with E-state index in [1.165, 1.54) is 16.5 Å². The number of alkyl halides is 3. The fourth-order valence-corrected chi connectivity index (χ4v) is 3.69. The van der Waals surface area contributed by atoms with Crippen LogP contribution in [0.15, 0.2) is 4.79 Å². The molecule has 1 fully saturated rings. The summed E-state index contributed by atoms with van der Waals surface area (Å²) < 4.78 is 45.9. The standard InChI is InChI=1S/C20H28F3N7O4/c1-4-6-10-29-14-15(26-18(27(3)16(14)31)25-9-13-33-5-2)30(34-17(32)20(21,22)23)19(29)28-11-7-24-8-12-28/h19,24H,5,7-13H2,1-3H3,(H,25,26). The molecular formula is C20H28F3N7O4. The van der Waals surface area contributed by atoms with Crippen molar-refractivity contribution in [1.82, 2.24) is 19.8 Å². The van der Waals surface area contributed by atoms with Gasteiger partial charge in [-0.2, -0.15) is 18.2 Å². The number of piperazine rings is 1. The number of aromatic nitrogens is 2. The summed E-state index contributed by atoms with van der Waals surface area (Å²) in [5.41, 5.74) is -0.522. The molecule has 11 nitrogen and oxygen atoms in total. The highest BCUT2D eigenvalue weighted by Gasteiger charge is 2.50. The van der Waals surface area contributed by atoms with Gasteiger partial charge in [-0.25, -0.2) is 4.79 Å². The van der Waals surface area contributed by atoms with Crippen molar-refractivity contribution in [2.75, 3.05) is 67.8 Å². The second kappa shape index (κ2) is 10.9. The maximum Gasteiger partial charge on any atom is 0.493 e. The lowest BCUT2D eigenvalue weighted by Gasteiger charge is -2.40. The van der Waals surface area contributed by atoms with E-state index in [2.05, 4.69) is 27.5 Å². The largest absolute Gasteiger partial charge is 0.493 e. The average molecular weight is 487 g/mol. The van der Waals surface area contributed by atoms with Crippen molar-refractivity contribution in [2.24, 2.45) is 7.05 Å². The molecule has 2 N–H and O–H groups in total. The van der Waals surface area contributed by atoms with Crippen molar-refractivity contribution >= 4 is 23.4 Å². The van der Waals surface area contributed by atoms with E-state index < -0.39 is 24.0 Å². The molecule has 1 atom stereocenters. The number of fused-ring (bicyclic) bond motifs is 1. The second-order valence-electron chi connectivity index (χ2n) is 7.48. The van der Waals surface area contributed by atoms with Gasteiger partial charge in [-0.15, -0.1) is 11.0 Å². The van der Waals surface area contributed by atoms with Gasteiger partial charge in [0.25, 0.3) is 5.56 Å². The molecule has 0 saturated carbocycles. The number of carbonyl (C=O) groups is 1. The number of rotatable bonds is 8. The number of nitrogens with one attached hydrogen (secondary N) is 2. The van der Waals surface area contributed by atoms with Crippen LogP contribution < -0.4 is 26.2 Å². The Hall–Kier alpha value is -3.02. The van der Waals surface area contributed by atoms with Crippen LogP contribution >= 0.6 is 0 Å². The molecule has 2 aliphatic rings. The second-order valence-corrected chi connectivity index (χ2v) is 7.48. The lowest BCUT2D eigenvalue weighted by atomic mass is 10.3. The minimum Gasteiger partial charge on any atom is -0.380 e. The van der Waals surface area contributed by atoms with Gasteiger partial charge in [-0.1, -0.05) is 5.92 Å². The molecule has 0 bridgehead atoms. The van der Waals surface area contributed by atoms with Gasteiger partial charge in [0.2, 0.25) is 11.8 Å². The number of hydrogen-bond donors (Lipinski definition) is 2. The van der Waals surface area contributed by atoms with E-state index in [0.717, 1.165) is 5.06 Å². The van der Waals surface area contributed by atoms with Crippen LogP contribution in [0.5, 0.6) is 0 Å². The summed E-state index contributed by atoms with van der Waals surface area (Å²) in [6, 6.07) is 0. The average Bonchev–Trinajstić information content (AvgIpc) is 3.11. The van der Waals surface area contributed by atoms with Gasteiger partial charge in [0.1, 0.15) is 0 Å². The summed E-state index contributed by atoms with van der Waals surface area (Å²) >= 11 is 0. The third-order valence-corrected chi connectivity index (χ3v) is 5.28. The van der Waals surface area contributed by atoms with Gasteiger partial charge in [0.05, 0.1) is 13.2 Å². The zero-order valence-corrected chi connectivity index (χ0v) is 19.2. The maximum atomic E-state index is 13.3. The lowest BCUT2D eigenvalue weighted by molar-refractivity contribution is -0.203. The van der Waals surface area contributed by atoms with Crippen molar-refractivity contribution in [3.63, 3.8) is 0 Å². The SMILES string of the molecule is CC#CCN1c2c(nc(NCCOCC)n(C)c2=O)N(OC(=O)C(F)(F)F)C1N1CCNCC1. The molecular weight excluding hydrogens is 459 g/mol. The number of hydroxylamine groups is 1. The number of nitrogens with zero attached hydrogens (tertiary/aromatic N) is 5. The fourth-order valence-electron chi connectivity index (χ4n) is 3.69. The molecule has 1 aromatic heterocycles. The lowest BCUT2D eigenvalue weighted by Crippen LogP contribution is -2.61. The maximum absolute atomic E-state index is 13.3. The summed E-state index contributed by atoms with van der Waals surface area (Å²) in [7, 11) is 1.49. The third kappa shape index (κ3) is 5.37. The Labute approximate surface area is 194 Å². The van der Waals surface area contributed by atoms with Crippen molar-refractivity contribution in [1.29, 1.82) is 0 Å². The van der Waals surface area contributed by atoms with Crippen LogP contribution in [0.1, 0.15) is 13.8 Å². The molecule has 0 aliphatic carbocycles. The van der Waals surface area contributed by atoms with Crippen molar-refractivity contribution in [2.45, 2.75) is 26.3 Å². The van der Waals surface area contributed by atoms with Crippen molar-refractivity contribution in [3.8, 4) is 11.8 Å². The predicted octanol–water partition coefficient (Wildman–Crippen LogP) is 0.0877. The first-order valence-electron chi connectivity index (χ1n) is 10.8. The molecule has 1 aromatic rings. The first kappa shape index (κ1) is 25.6. The molecule has 1 saturated heterocycles. The van der Waals surface area contributed by atoms with Crippen LogP contribution in [-0.2, 0) is 21.4 Å². The van der Waals surface area contributed by atoms with Gasteiger partial charge in [0, 0.05) is 46.4 Å². The predicted molar refractivity (Wildman–Crippen MR) is 118 cm³/mol. The first-order valence-corrected chi connectivity index (χ1v) is 10.8. The summed E-state index contributed by atoms with van der Waals surface area (Å²) in [6.45, 7) is 6.61.